The van der Waals surface area contributed by atoms with Gasteiger partial charge in [0.1, 0.15) is 0 Å². The van der Waals surface area contributed by atoms with Crippen LogP contribution in [0, 0.1) is 17.6 Å². The molecule has 0 saturated carbocycles. The number of rotatable bonds is 4. The number of para-hydroxylation sites is 1. The van der Waals surface area contributed by atoms with Crippen LogP contribution >= 0.6 is 11.8 Å². The number of thioether (sulfide) groups is 1. The van der Waals surface area contributed by atoms with Gasteiger partial charge in [-0.15, -0.1) is 11.8 Å². The van der Waals surface area contributed by atoms with E-state index in [1.807, 2.05) is 38.1 Å². The lowest BCUT2D eigenvalue weighted by Gasteiger charge is -2.33. The predicted molar refractivity (Wildman–Crippen MR) is 109 cm³/mol. The second kappa shape index (κ2) is 7.44. The smallest absolute Gasteiger partial charge is 0.268 e. The Hall–Kier alpha value is -2.41. The molecule has 0 aliphatic carbocycles. The topological polar surface area (TPSA) is 40.6 Å². The van der Waals surface area contributed by atoms with Crippen LogP contribution in [0.2, 0.25) is 0 Å². The Labute approximate surface area is 172 Å². The minimum Gasteiger partial charge on any atom is -0.315 e. The van der Waals surface area contributed by atoms with Gasteiger partial charge in [-0.3, -0.25) is 9.59 Å². The van der Waals surface area contributed by atoms with Gasteiger partial charge < -0.3 is 9.80 Å². The van der Waals surface area contributed by atoms with E-state index < -0.39 is 16.5 Å². The van der Waals surface area contributed by atoms with Gasteiger partial charge in [-0.2, -0.15) is 0 Å². The van der Waals surface area contributed by atoms with Gasteiger partial charge in [0, 0.05) is 24.3 Å². The second-order valence-corrected chi connectivity index (χ2v) is 9.08. The Balaban J connectivity index is 1.74. The molecule has 1 saturated heterocycles. The van der Waals surface area contributed by atoms with Crippen molar-refractivity contribution in [3.05, 3.63) is 65.2 Å². The van der Waals surface area contributed by atoms with Crippen molar-refractivity contribution in [1.29, 1.82) is 0 Å². The molecule has 2 heterocycles. The molecule has 152 valence electrons. The number of carbonyl (C=O) groups excluding carboxylic acids is 2. The van der Waals surface area contributed by atoms with E-state index in [1.165, 1.54) is 17.8 Å². The lowest BCUT2D eigenvalue weighted by molar-refractivity contribution is -0.140. The van der Waals surface area contributed by atoms with Crippen molar-refractivity contribution in [2.45, 2.75) is 31.7 Å². The van der Waals surface area contributed by atoms with Crippen LogP contribution in [-0.2, 0) is 21.0 Å². The van der Waals surface area contributed by atoms with Crippen LogP contribution in [0.4, 0.5) is 14.5 Å². The standard InChI is InChI=1S/C22H22F2N2O2S/c1-14(2)11-20(27)26-9-10-29-22(26)16-5-3-4-6-19(16)25(21(22)28)13-15-7-8-17(23)18(24)12-15/h3-8,12,14H,9-11,13H2,1-2H3/t22-/m0/s1. The van der Waals surface area contributed by atoms with Crippen LogP contribution in [0.5, 0.6) is 0 Å². The zero-order chi connectivity index (χ0) is 20.8. The van der Waals surface area contributed by atoms with Crippen molar-refractivity contribution in [2.75, 3.05) is 17.2 Å². The molecule has 1 fully saturated rings. The first-order valence-corrected chi connectivity index (χ1v) is 10.6. The summed E-state index contributed by atoms with van der Waals surface area (Å²) in [6.45, 7) is 4.58. The van der Waals surface area contributed by atoms with Crippen molar-refractivity contribution in [2.24, 2.45) is 5.92 Å². The highest BCUT2D eigenvalue weighted by Gasteiger charge is 2.59. The van der Waals surface area contributed by atoms with Crippen LogP contribution in [0.25, 0.3) is 0 Å². The molecular formula is C22H22F2N2O2S. The molecule has 7 heteroatoms. The number of benzene rings is 2. The maximum atomic E-state index is 13.7. The lowest BCUT2D eigenvalue weighted by Crippen LogP contribution is -2.50. The summed E-state index contributed by atoms with van der Waals surface area (Å²) in [6, 6.07) is 11.1. The number of nitrogens with zero attached hydrogens (tertiary/aromatic N) is 2. The Bertz CT molecular complexity index is 981. The van der Waals surface area contributed by atoms with Gasteiger partial charge in [0.2, 0.25) is 5.91 Å². The van der Waals surface area contributed by atoms with E-state index in [2.05, 4.69) is 0 Å². The number of carbonyl (C=O) groups is 2. The predicted octanol–water partition coefficient (Wildman–Crippen LogP) is 4.29. The second-order valence-electron chi connectivity index (χ2n) is 7.79. The SMILES string of the molecule is CC(C)CC(=O)N1CCS[C@@]12C(=O)N(Cc1ccc(F)c(F)c1)c1ccccc12. The van der Waals surface area contributed by atoms with Crippen LogP contribution in [-0.4, -0.2) is 29.0 Å². The normalized spacial score (nSPS) is 20.8. The molecule has 2 aromatic rings. The van der Waals surface area contributed by atoms with E-state index in [-0.39, 0.29) is 24.3 Å². The Morgan fingerprint density at radius 2 is 1.93 bits per heavy atom. The molecule has 0 N–H and O–H groups in total. The zero-order valence-corrected chi connectivity index (χ0v) is 17.1. The van der Waals surface area contributed by atoms with Crippen LogP contribution in [0.1, 0.15) is 31.4 Å². The highest BCUT2D eigenvalue weighted by molar-refractivity contribution is 8.01. The number of anilines is 1. The van der Waals surface area contributed by atoms with E-state index in [0.717, 1.165) is 17.7 Å². The maximum absolute atomic E-state index is 13.7. The van der Waals surface area contributed by atoms with Gasteiger partial charge in [0.25, 0.3) is 5.91 Å². The van der Waals surface area contributed by atoms with Gasteiger partial charge in [-0.05, 0) is 29.7 Å². The van der Waals surface area contributed by atoms with Crippen LogP contribution in [0.15, 0.2) is 42.5 Å². The van der Waals surface area contributed by atoms with Crippen molar-refractivity contribution in [3.63, 3.8) is 0 Å². The Morgan fingerprint density at radius 1 is 1.17 bits per heavy atom. The Morgan fingerprint density at radius 3 is 2.66 bits per heavy atom. The van der Waals surface area contributed by atoms with E-state index in [1.54, 1.807) is 9.80 Å². The molecule has 0 aromatic heterocycles. The summed E-state index contributed by atoms with van der Waals surface area (Å²) in [4.78, 5) is 28.9. The number of halogens is 2. The summed E-state index contributed by atoms with van der Waals surface area (Å²) in [6.07, 6.45) is 0.376. The third-order valence-electron chi connectivity index (χ3n) is 5.31. The number of fused-ring (bicyclic) bond motifs is 2. The third kappa shape index (κ3) is 3.21. The highest BCUT2D eigenvalue weighted by Crippen LogP contribution is 2.54. The zero-order valence-electron chi connectivity index (χ0n) is 16.3. The summed E-state index contributed by atoms with van der Waals surface area (Å²) in [7, 11) is 0. The molecule has 2 aliphatic rings. The van der Waals surface area contributed by atoms with E-state index in [0.29, 0.717) is 30.0 Å². The summed E-state index contributed by atoms with van der Waals surface area (Å²) < 4.78 is 27.0. The quantitative estimate of drug-likeness (QED) is 0.747. The van der Waals surface area contributed by atoms with Crippen molar-refractivity contribution in [1.82, 2.24) is 4.90 Å². The first-order valence-electron chi connectivity index (χ1n) is 9.64. The van der Waals surface area contributed by atoms with Crippen molar-refractivity contribution in [3.8, 4) is 0 Å². The highest BCUT2D eigenvalue weighted by atomic mass is 32.2. The third-order valence-corrected chi connectivity index (χ3v) is 6.73. The van der Waals surface area contributed by atoms with Crippen molar-refractivity contribution >= 4 is 29.3 Å². The molecule has 29 heavy (non-hydrogen) atoms. The fraction of sp³-hybridized carbons (Fsp3) is 0.364. The first kappa shape index (κ1) is 19.9. The summed E-state index contributed by atoms with van der Waals surface area (Å²) >= 11 is 1.47. The number of hydrogen-bond acceptors (Lipinski definition) is 3. The summed E-state index contributed by atoms with van der Waals surface area (Å²) in [5.74, 6) is -1.25. The molecule has 2 amide bonds. The van der Waals surface area contributed by atoms with Gasteiger partial charge in [-0.1, -0.05) is 38.1 Å². The maximum Gasteiger partial charge on any atom is 0.268 e. The molecule has 4 nitrogen and oxygen atoms in total. The van der Waals surface area contributed by atoms with Gasteiger partial charge in [-0.25, -0.2) is 8.78 Å². The van der Waals surface area contributed by atoms with Gasteiger partial charge in [0.15, 0.2) is 16.5 Å². The molecule has 1 atom stereocenters. The molecule has 0 radical (unpaired) electrons. The van der Waals surface area contributed by atoms with E-state index in [4.69, 9.17) is 0 Å². The minimum atomic E-state index is -1.08. The molecule has 0 unspecified atom stereocenters. The van der Waals surface area contributed by atoms with E-state index in [9.17, 15) is 18.4 Å². The van der Waals surface area contributed by atoms with Crippen LogP contribution < -0.4 is 4.90 Å². The monoisotopic (exact) mass is 416 g/mol. The number of hydrogen-bond donors (Lipinski definition) is 0. The first-order chi connectivity index (χ1) is 13.8. The largest absolute Gasteiger partial charge is 0.315 e. The van der Waals surface area contributed by atoms with Gasteiger partial charge >= 0.3 is 0 Å². The van der Waals surface area contributed by atoms with Crippen molar-refractivity contribution < 1.29 is 18.4 Å². The van der Waals surface area contributed by atoms with E-state index >= 15 is 0 Å². The summed E-state index contributed by atoms with van der Waals surface area (Å²) in [5.41, 5.74) is 1.98. The van der Waals surface area contributed by atoms with Gasteiger partial charge in [0.05, 0.1) is 12.2 Å². The molecule has 2 aliphatic heterocycles. The fourth-order valence-corrected chi connectivity index (χ4v) is 5.54. The average Bonchev–Trinajstić information content (AvgIpc) is 3.22. The molecule has 4 rings (SSSR count). The molecular weight excluding hydrogens is 394 g/mol. The fourth-order valence-electron chi connectivity index (χ4n) is 4.06. The number of amides is 2. The molecule has 0 bridgehead atoms. The molecule has 1 spiro atoms. The average molecular weight is 416 g/mol. The molecule has 2 aromatic carbocycles. The Kier molecular flexibility index (Phi) is 5.11. The van der Waals surface area contributed by atoms with Crippen LogP contribution in [0.3, 0.4) is 0 Å². The summed E-state index contributed by atoms with van der Waals surface area (Å²) in [5, 5.41) is 0. The minimum absolute atomic E-state index is 0.0390. The lowest BCUT2D eigenvalue weighted by atomic mass is 10.0.